The van der Waals surface area contributed by atoms with Crippen molar-refractivity contribution in [1.82, 2.24) is 0 Å². The number of ketones is 1. The fourth-order valence-electron chi connectivity index (χ4n) is 3.81. The molecule has 4 heteroatoms. The van der Waals surface area contributed by atoms with Crippen LogP contribution in [0.4, 0.5) is 0 Å². The second-order valence-corrected chi connectivity index (χ2v) is 6.73. The molecule has 0 bridgehead atoms. The van der Waals surface area contributed by atoms with Crippen molar-refractivity contribution in [3.8, 4) is 0 Å². The molecule has 1 aliphatic carbocycles. The van der Waals surface area contributed by atoms with Gasteiger partial charge >= 0.3 is 0 Å². The normalized spacial score (nSPS) is 41.4. The lowest BCUT2D eigenvalue weighted by Crippen LogP contribution is -2.62. The van der Waals surface area contributed by atoms with Gasteiger partial charge in [0.05, 0.1) is 22.7 Å². The van der Waals surface area contributed by atoms with Crippen molar-refractivity contribution < 1.29 is 20.1 Å². The lowest BCUT2D eigenvalue weighted by atomic mass is 9.60. The van der Waals surface area contributed by atoms with E-state index in [2.05, 4.69) is 0 Å². The van der Waals surface area contributed by atoms with Gasteiger partial charge in [0.25, 0.3) is 0 Å². The highest BCUT2D eigenvalue weighted by molar-refractivity contribution is 5.99. The smallest absolute Gasteiger partial charge is 0.171 e. The number of carbonyl (C=O) groups excluding carboxylic acids is 1. The number of benzene rings is 1. The molecule has 2 atom stereocenters. The Morgan fingerprint density at radius 1 is 1.00 bits per heavy atom. The molecule has 1 aromatic carbocycles. The van der Waals surface area contributed by atoms with E-state index in [0.29, 0.717) is 5.56 Å². The van der Waals surface area contributed by atoms with E-state index < -0.39 is 22.7 Å². The van der Waals surface area contributed by atoms with Crippen molar-refractivity contribution in [3.05, 3.63) is 35.9 Å². The van der Waals surface area contributed by atoms with E-state index in [0.717, 1.165) is 0 Å². The zero-order valence-corrected chi connectivity index (χ0v) is 12.1. The van der Waals surface area contributed by atoms with Gasteiger partial charge in [0.1, 0.15) is 0 Å². The Morgan fingerprint density at radius 2 is 1.45 bits per heavy atom. The Hall–Kier alpha value is -1.23. The van der Waals surface area contributed by atoms with Crippen LogP contribution in [-0.2, 0) is 0 Å². The van der Waals surface area contributed by atoms with Gasteiger partial charge in [-0.2, -0.15) is 0 Å². The SMILES string of the molecule is CC1(O)CC(C)(O)C(C(=O)c2ccccc2)C(C)(O)C1. The monoisotopic (exact) mass is 278 g/mol. The van der Waals surface area contributed by atoms with Crippen molar-refractivity contribution in [2.24, 2.45) is 5.92 Å². The first-order valence-corrected chi connectivity index (χ1v) is 6.82. The third-order valence-electron chi connectivity index (χ3n) is 4.04. The standard InChI is InChI=1S/C16H22O4/c1-14(18)9-15(2,19)13(16(3,20)10-14)12(17)11-7-5-4-6-8-11/h4-8,13,18-20H,9-10H2,1-3H3. The summed E-state index contributed by atoms with van der Waals surface area (Å²) >= 11 is 0. The highest BCUT2D eigenvalue weighted by Gasteiger charge is 2.57. The van der Waals surface area contributed by atoms with Crippen molar-refractivity contribution >= 4 is 5.78 Å². The average molecular weight is 278 g/mol. The van der Waals surface area contributed by atoms with E-state index in [1.807, 2.05) is 0 Å². The second-order valence-electron chi connectivity index (χ2n) is 6.73. The summed E-state index contributed by atoms with van der Waals surface area (Å²) in [5, 5.41) is 31.4. The molecule has 0 aliphatic heterocycles. The minimum atomic E-state index is -1.46. The zero-order valence-electron chi connectivity index (χ0n) is 12.1. The van der Waals surface area contributed by atoms with Crippen LogP contribution in [0.3, 0.4) is 0 Å². The first-order chi connectivity index (χ1) is 9.05. The number of carbonyl (C=O) groups is 1. The zero-order chi connectivity index (χ0) is 15.2. The van der Waals surface area contributed by atoms with Crippen molar-refractivity contribution in [1.29, 1.82) is 0 Å². The summed E-state index contributed by atoms with van der Waals surface area (Å²) in [4.78, 5) is 12.6. The van der Waals surface area contributed by atoms with E-state index >= 15 is 0 Å². The van der Waals surface area contributed by atoms with Crippen LogP contribution >= 0.6 is 0 Å². The van der Waals surface area contributed by atoms with Crippen LogP contribution in [0.15, 0.2) is 30.3 Å². The number of rotatable bonds is 2. The van der Waals surface area contributed by atoms with Crippen LogP contribution in [-0.4, -0.2) is 37.9 Å². The summed E-state index contributed by atoms with van der Waals surface area (Å²) in [6, 6.07) is 8.63. The molecular weight excluding hydrogens is 256 g/mol. The number of Topliss-reactive ketones (excluding diaryl/α,β-unsaturated/α-hetero) is 1. The quantitative estimate of drug-likeness (QED) is 0.717. The topological polar surface area (TPSA) is 77.8 Å². The maximum atomic E-state index is 12.6. The molecule has 1 saturated carbocycles. The maximum absolute atomic E-state index is 12.6. The van der Waals surface area contributed by atoms with Gasteiger partial charge in [-0.25, -0.2) is 0 Å². The molecule has 0 aromatic heterocycles. The second kappa shape index (κ2) is 4.65. The minimum absolute atomic E-state index is 0.0550. The summed E-state index contributed by atoms with van der Waals surface area (Å²) in [5.74, 6) is -1.26. The van der Waals surface area contributed by atoms with Gasteiger partial charge in [-0.15, -0.1) is 0 Å². The van der Waals surface area contributed by atoms with Gasteiger partial charge in [0, 0.05) is 18.4 Å². The molecule has 0 amide bonds. The largest absolute Gasteiger partial charge is 0.390 e. The van der Waals surface area contributed by atoms with Crippen LogP contribution < -0.4 is 0 Å². The molecular formula is C16H22O4. The summed E-state index contributed by atoms with van der Waals surface area (Å²) < 4.78 is 0. The summed E-state index contributed by atoms with van der Waals surface area (Å²) in [6.45, 7) is 4.57. The molecule has 1 fully saturated rings. The third-order valence-corrected chi connectivity index (χ3v) is 4.04. The highest BCUT2D eigenvalue weighted by atomic mass is 16.3. The number of hydrogen-bond donors (Lipinski definition) is 3. The predicted octanol–water partition coefficient (Wildman–Crippen LogP) is 1.53. The van der Waals surface area contributed by atoms with E-state index in [9.17, 15) is 20.1 Å². The highest BCUT2D eigenvalue weighted by Crippen LogP contribution is 2.46. The van der Waals surface area contributed by atoms with Gasteiger partial charge in [0.2, 0.25) is 0 Å². The summed E-state index contributed by atoms with van der Waals surface area (Å²) in [6.07, 6.45) is 0.110. The fourth-order valence-corrected chi connectivity index (χ4v) is 3.81. The van der Waals surface area contributed by atoms with Crippen LogP contribution in [0.5, 0.6) is 0 Å². The third kappa shape index (κ3) is 2.77. The molecule has 2 unspecified atom stereocenters. The van der Waals surface area contributed by atoms with Crippen LogP contribution in [0.2, 0.25) is 0 Å². The number of hydrogen-bond acceptors (Lipinski definition) is 4. The minimum Gasteiger partial charge on any atom is -0.390 e. The molecule has 0 radical (unpaired) electrons. The Kier molecular flexibility index (Phi) is 3.53. The van der Waals surface area contributed by atoms with Crippen LogP contribution in [0, 0.1) is 5.92 Å². The summed E-state index contributed by atoms with van der Waals surface area (Å²) in [7, 11) is 0. The predicted molar refractivity (Wildman–Crippen MR) is 75.4 cm³/mol. The van der Waals surface area contributed by atoms with Crippen molar-refractivity contribution in [2.75, 3.05) is 0 Å². The first-order valence-electron chi connectivity index (χ1n) is 6.82. The van der Waals surface area contributed by atoms with Crippen molar-refractivity contribution in [3.63, 3.8) is 0 Å². The van der Waals surface area contributed by atoms with Gasteiger partial charge in [-0.3, -0.25) is 4.79 Å². The lowest BCUT2D eigenvalue weighted by Gasteiger charge is -2.51. The first kappa shape index (κ1) is 15.2. The molecule has 0 saturated heterocycles. The Balaban J connectivity index is 2.41. The maximum Gasteiger partial charge on any atom is 0.171 e. The molecule has 2 rings (SSSR count). The van der Waals surface area contributed by atoms with Gasteiger partial charge in [-0.1, -0.05) is 30.3 Å². The summed E-state index contributed by atoms with van der Waals surface area (Å²) in [5.41, 5.74) is -3.66. The molecule has 1 aromatic rings. The van der Waals surface area contributed by atoms with Gasteiger partial charge in [-0.05, 0) is 20.8 Å². The molecule has 0 heterocycles. The van der Waals surface area contributed by atoms with Gasteiger partial charge < -0.3 is 15.3 Å². The molecule has 1 aliphatic rings. The van der Waals surface area contributed by atoms with E-state index in [-0.39, 0.29) is 18.6 Å². The van der Waals surface area contributed by atoms with Gasteiger partial charge in [0.15, 0.2) is 5.78 Å². The lowest BCUT2D eigenvalue weighted by molar-refractivity contribution is -0.186. The Labute approximate surface area is 119 Å². The van der Waals surface area contributed by atoms with E-state index in [1.54, 1.807) is 37.3 Å². The molecule has 0 spiro atoms. The molecule has 3 N–H and O–H groups in total. The van der Waals surface area contributed by atoms with E-state index in [1.165, 1.54) is 13.8 Å². The Bertz CT molecular complexity index is 482. The molecule has 4 nitrogen and oxygen atoms in total. The Morgan fingerprint density at radius 3 is 1.90 bits per heavy atom. The van der Waals surface area contributed by atoms with Crippen molar-refractivity contribution in [2.45, 2.75) is 50.4 Å². The average Bonchev–Trinajstić information content (AvgIpc) is 2.24. The van der Waals surface area contributed by atoms with Crippen LogP contribution in [0.25, 0.3) is 0 Å². The molecule has 20 heavy (non-hydrogen) atoms. The van der Waals surface area contributed by atoms with E-state index in [4.69, 9.17) is 0 Å². The van der Waals surface area contributed by atoms with Crippen LogP contribution in [0.1, 0.15) is 44.0 Å². The number of aliphatic hydroxyl groups is 3. The fraction of sp³-hybridized carbons (Fsp3) is 0.562. The molecule has 110 valence electrons.